The van der Waals surface area contributed by atoms with Crippen LogP contribution in [0.5, 0.6) is 5.75 Å². The molecule has 0 fully saturated rings. The van der Waals surface area contributed by atoms with Gasteiger partial charge in [0.15, 0.2) is 0 Å². The maximum Gasteiger partial charge on any atom is 0.313 e. The van der Waals surface area contributed by atoms with Crippen molar-refractivity contribution >= 4 is 24.1 Å². The molecule has 1 N–H and O–H groups in total. The minimum Gasteiger partial charge on any atom is -0.425 e. The van der Waals surface area contributed by atoms with Crippen molar-refractivity contribution in [3.63, 3.8) is 0 Å². The van der Waals surface area contributed by atoms with Gasteiger partial charge in [-0.1, -0.05) is 6.07 Å². The van der Waals surface area contributed by atoms with Crippen LogP contribution in [0, 0.1) is 24.0 Å². The highest BCUT2D eigenvalue weighted by Gasteiger charge is 2.27. The molecule has 0 heterocycles. The van der Waals surface area contributed by atoms with Crippen LogP contribution in [0.1, 0.15) is 25.0 Å². The Bertz CT molecular complexity index is 563. The van der Waals surface area contributed by atoms with E-state index in [9.17, 15) is 10.1 Å². The van der Waals surface area contributed by atoms with Crippen LogP contribution in [-0.2, 0) is 16.3 Å². The van der Waals surface area contributed by atoms with Crippen LogP contribution in [0.3, 0.4) is 0 Å². The van der Waals surface area contributed by atoms with Crippen molar-refractivity contribution in [2.24, 2.45) is 0 Å². The lowest BCUT2D eigenvalue weighted by Gasteiger charge is -2.24. The van der Waals surface area contributed by atoms with Crippen molar-refractivity contribution in [1.29, 1.82) is 0 Å². The Kier molecular flexibility index (Phi) is 5.65. The topological polar surface area (TPSA) is 73.6 Å². The summed E-state index contributed by atoms with van der Waals surface area (Å²) in [6.45, 7) is 4.54. The van der Waals surface area contributed by atoms with Crippen LogP contribution in [-0.4, -0.2) is 18.1 Å². The molecule has 0 saturated heterocycles. The first-order valence-corrected chi connectivity index (χ1v) is 8.71. The molecule has 0 saturated carbocycles. The van der Waals surface area contributed by atoms with E-state index in [-0.39, 0.29) is 17.5 Å². The Hall–Kier alpha value is -1.01. The summed E-state index contributed by atoms with van der Waals surface area (Å²) in [6, 6.07) is 3.32. The molecule has 112 valence electrons. The van der Waals surface area contributed by atoms with E-state index < -0.39 is 11.6 Å². The van der Waals surface area contributed by atoms with Crippen molar-refractivity contribution in [3.05, 3.63) is 33.4 Å². The standard InChI is InChI=1S/C12H19N2O4PS/c1-8(2)13-19(20,17-5)18-12-10(4)6-9(3)7-11(12)14(15)16/h6-8H,1-5H3,(H,13,20). The highest BCUT2D eigenvalue weighted by molar-refractivity contribution is 8.09. The summed E-state index contributed by atoms with van der Waals surface area (Å²) in [5.41, 5.74) is 1.36. The van der Waals surface area contributed by atoms with Crippen molar-refractivity contribution in [1.82, 2.24) is 5.09 Å². The first-order valence-electron chi connectivity index (χ1n) is 6.07. The van der Waals surface area contributed by atoms with Crippen LogP contribution >= 0.6 is 6.64 Å². The summed E-state index contributed by atoms with van der Waals surface area (Å²) >= 11 is 5.33. The third-order valence-electron chi connectivity index (χ3n) is 2.46. The summed E-state index contributed by atoms with van der Waals surface area (Å²) < 4.78 is 10.9. The number of hydrogen-bond acceptors (Lipinski definition) is 5. The first-order chi connectivity index (χ1) is 9.18. The van der Waals surface area contributed by atoms with Crippen LogP contribution in [0.4, 0.5) is 5.69 Å². The zero-order valence-electron chi connectivity index (χ0n) is 12.2. The lowest BCUT2D eigenvalue weighted by Crippen LogP contribution is -2.23. The second kappa shape index (κ2) is 6.63. The quantitative estimate of drug-likeness (QED) is 0.492. The Labute approximate surface area is 123 Å². The average molecular weight is 318 g/mol. The van der Waals surface area contributed by atoms with Crippen LogP contribution < -0.4 is 9.61 Å². The smallest absolute Gasteiger partial charge is 0.313 e. The molecule has 1 rings (SSSR count). The predicted molar refractivity (Wildman–Crippen MR) is 82.8 cm³/mol. The number of nitrogens with one attached hydrogen (secondary N) is 1. The fraction of sp³-hybridized carbons (Fsp3) is 0.500. The van der Waals surface area contributed by atoms with Gasteiger partial charge in [0.25, 0.3) is 0 Å². The van der Waals surface area contributed by atoms with E-state index in [0.29, 0.717) is 5.56 Å². The molecular weight excluding hydrogens is 299 g/mol. The molecule has 1 atom stereocenters. The number of benzene rings is 1. The SMILES string of the molecule is COP(=S)(NC(C)C)Oc1c(C)cc(C)cc1[N+](=O)[O-]. The molecule has 8 heteroatoms. The van der Waals surface area contributed by atoms with Gasteiger partial charge >= 0.3 is 12.3 Å². The van der Waals surface area contributed by atoms with Gasteiger partial charge < -0.3 is 9.05 Å². The van der Waals surface area contributed by atoms with E-state index >= 15 is 0 Å². The summed E-state index contributed by atoms with van der Waals surface area (Å²) in [5, 5.41) is 14.2. The molecular formula is C12H19N2O4PS. The zero-order valence-corrected chi connectivity index (χ0v) is 13.9. The first kappa shape index (κ1) is 17.0. The average Bonchev–Trinajstić information content (AvgIpc) is 2.31. The fourth-order valence-electron chi connectivity index (χ4n) is 1.74. The minimum atomic E-state index is -2.81. The second-order valence-corrected chi connectivity index (χ2v) is 7.99. The number of nitrogens with zero attached hydrogens (tertiary/aromatic N) is 1. The Morgan fingerprint density at radius 2 is 2.00 bits per heavy atom. The highest BCUT2D eigenvalue weighted by atomic mass is 32.5. The Morgan fingerprint density at radius 1 is 1.40 bits per heavy atom. The van der Waals surface area contributed by atoms with Crippen LogP contribution in [0.2, 0.25) is 0 Å². The molecule has 1 unspecified atom stereocenters. The number of rotatable bonds is 6. The largest absolute Gasteiger partial charge is 0.425 e. The molecule has 0 aliphatic heterocycles. The van der Waals surface area contributed by atoms with Gasteiger partial charge in [0.1, 0.15) is 0 Å². The Balaban J connectivity index is 3.26. The minimum absolute atomic E-state index is 0.0468. The normalized spacial score (nSPS) is 14.1. The van der Waals surface area contributed by atoms with Crippen molar-refractivity contribution in [3.8, 4) is 5.75 Å². The van der Waals surface area contributed by atoms with Gasteiger partial charge in [0, 0.05) is 19.2 Å². The van der Waals surface area contributed by atoms with Gasteiger partial charge in [0.05, 0.1) is 4.92 Å². The zero-order chi connectivity index (χ0) is 15.5. The van der Waals surface area contributed by atoms with E-state index in [4.69, 9.17) is 20.9 Å². The summed E-state index contributed by atoms with van der Waals surface area (Å²) in [4.78, 5) is 10.7. The number of nitro benzene ring substituents is 1. The molecule has 0 aromatic heterocycles. The molecule has 0 aliphatic rings. The highest BCUT2D eigenvalue weighted by Crippen LogP contribution is 2.48. The third kappa shape index (κ3) is 4.24. The third-order valence-corrected chi connectivity index (χ3v) is 5.19. The van der Waals surface area contributed by atoms with E-state index in [2.05, 4.69) is 5.09 Å². The maximum atomic E-state index is 11.2. The van der Waals surface area contributed by atoms with E-state index in [1.165, 1.54) is 13.2 Å². The lowest BCUT2D eigenvalue weighted by molar-refractivity contribution is -0.385. The van der Waals surface area contributed by atoms with Gasteiger partial charge in [-0.2, -0.15) is 0 Å². The van der Waals surface area contributed by atoms with Gasteiger partial charge in [-0.3, -0.25) is 10.1 Å². The molecule has 1 aromatic carbocycles. The van der Waals surface area contributed by atoms with Crippen molar-refractivity contribution < 1.29 is 14.0 Å². The van der Waals surface area contributed by atoms with E-state index in [0.717, 1.165) is 5.56 Å². The van der Waals surface area contributed by atoms with Gasteiger partial charge in [-0.05, 0) is 50.6 Å². The van der Waals surface area contributed by atoms with Gasteiger partial charge in [-0.25, -0.2) is 5.09 Å². The van der Waals surface area contributed by atoms with Crippen molar-refractivity contribution in [2.75, 3.05) is 7.11 Å². The van der Waals surface area contributed by atoms with E-state index in [1.807, 2.05) is 19.9 Å². The lowest BCUT2D eigenvalue weighted by atomic mass is 10.1. The molecule has 6 nitrogen and oxygen atoms in total. The van der Waals surface area contributed by atoms with Crippen LogP contribution in [0.25, 0.3) is 0 Å². The fourth-order valence-corrected chi connectivity index (χ4v) is 3.94. The van der Waals surface area contributed by atoms with Crippen molar-refractivity contribution in [2.45, 2.75) is 33.7 Å². The molecule has 0 spiro atoms. The maximum absolute atomic E-state index is 11.2. The predicted octanol–water partition coefficient (Wildman–Crippen LogP) is 3.46. The van der Waals surface area contributed by atoms with Gasteiger partial charge in [-0.15, -0.1) is 0 Å². The van der Waals surface area contributed by atoms with Gasteiger partial charge in [0.2, 0.25) is 5.75 Å². The monoisotopic (exact) mass is 318 g/mol. The number of nitro groups is 1. The summed E-state index contributed by atoms with van der Waals surface area (Å²) in [7, 11) is 1.44. The second-order valence-electron chi connectivity index (χ2n) is 4.74. The number of aryl methyl sites for hydroxylation is 2. The molecule has 0 radical (unpaired) electrons. The molecule has 1 aromatic rings. The summed E-state index contributed by atoms with van der Waals surface area (Å²) in [5.74, 6) is 0.166. The van der Waals surface area contributed by atoms with E-state index in [1.54, 1.807) is 13.8 Å². The molecule has 0 aliphatic carbocycles. The molecule has 0 amide bonds. The summed E-state index contributed by atoms with van der Waals surface area (Å²) in [6.07, 6.45) is 0. The van der Waals surface area contributed by atoms with Crippen LogP contribution in [0.15, 0.2) is 12.1 Å². The number of hydrogen-bond donors (Lipinski definition) is 1. The molecule has 20 heavy (non-hydrogen) atoms. The Morgan fingerprint density at radius 3 is 2.45 bits per heavy atom. The molecule has 0 bridgehead atoms.